The molecule has 3 N–H and O–H groups in total. The van der Waals surface area contributed by atoms with Crippen molar-refractivity contribution in [2.24, 2.45) is 0 Å². The van der Waals surface area contributed by atoms with Crippen LogP contribution in [0.3, 0.4) is 0 Å². The van der Waals surface area contributed by atoms with Crippen molar-refractivity contribution in [2.75, 3.05) is 11.9 Å². The molecule has 192 valence electrons. The summed E-state index contributed by atoms with van der Waals surface area (Å²) >= 11 is 0. The van der Waals surface area contributed by atoms with Gasteiger partial charge in [-0.05, 0) is 18.2 Å². The molecule has 0 saturated carbocycles. The number of rotatable bonds is 8. The minimum atomic E-state index is -4.05. The monoisotopic (exact) mass is 538 g/mol. The van der Waals surface area contributed by atoms with Crippen molar-refractivity contribution < 1.29 is 32.8 Å². The topological polar surface area (TPSA) is 129 Å². The summed E-state index contributed by atoms with van der Waals surface area (Å²) in [6.07, 6.45) is 0.393. The van der Waals surface area contributed by atoms with Crippen LogP contribution in [-0.4, -0.2) is 47.0 Å². The molecule has 0 saturated heterocycles. The molecule has 4 rings (SSSR count). The van der Waals surface area contributed by atoms with Gasteiger partial charge in [0.05, 0.1) is 11.1 Å². The Balaban J connectivity index is 0.000000266. The molecular weight excluding hydrogens is 511 g/mol. The zero-order valence-electron chi connectivity index (χ0n) is 19.8. The maximum absolute atomic E-state index is 11.5. The van der Waals surface area contributed by atoms with E-state index in [0.29, 0.717) is 6.16 Å². The molecule has 4 aromatic rings. The molecule has 4 aromatic carbocycles. The number of carboxylic acids is 2. The van der Waals surface area contributed by atoms with E-state index < -0.39 is 29.3 Å². The Morgan fingerprint density at radius 2 is 0.946 bits per heavy atom. The summed E-state index contributed by atoms with van der Waals surface area (Å²) in [4.78, 5) is 20.8. The molecule has 0 aliphatic heterocycles. The summed E-state index contributed by atoms with van der Waals surface area (Å²) < 4.78 is 32.5. The second-order valence-corrected chi connectivity index (χ2v) is 13.8. The Kier molecular flexibility index (Phi) is 9.31. The Labute approximate surface area is 216 Å². The summed E-state index contributed by atoms with van der Waals surface area (Å²) in [5.74, 6) is -2.51. The van der Waals surface area contributed by atoms with Crippen LogP contribution in [0.2, 0.25) is 0 Å². The van der Waals surface area contributed by atoms with Crippen molar-refractivity contribution in [3.05, 3.63) is 126 Å². The third-order valence-electron chi connectivity index (χ3n) is 5.89. The van der Waals surface area contributed by atoms with Crippen molar-refractivity contribution >= 4 is 45.2 Å². The van der Waals surface area contributed by atoms with Gasteiger partial charge in [-0.3, -0.25) is 0 Å². The van der Waals surface area contributed by atoms with E-state index in [1.165, 1.54) is 18.2 Å². The number of carboxylic acid groups (broad SMARTS) is 2. The summed E-state index contributed by atoms with van der Waals surface area (Å²) in [5, 5.41) is 20.4. The molecule has 0 aromatic heterocycles. The van der Waals surface area contributed by atoms with E-state index in [2.05, 4.69) is 36.4 Å². The Morgan fingerprint density at radius 3 is 1.24 bits per heavy atom. The molecular formula is C28H27O7PS. The second-order valence-electron chi connectivity index (χ2n) is 8.23. The first kappa shape index (κ1) is 27.7. The first-order valence-electron chi connectivity index (χ1n) is 11.3. The molecule has 0 radical (unpaired) electrons. The number of carbonyl (C=O) groups is 2. The van der Waals surface area contributed by atoms with Crippen LogP contribution in [0.15, 0.2) is 115 Å². The number of aromatic carboxylic acids is 2. The van der Waals surface area contributed by atoms with Crippen molar-refractivity contribution in [1.82, 2.24) is 0 Å². The van der Waals surface area contributed by atoms with Gasteiger partial charge in [-0.2, -0.15) is 0 Å². The standard InChI is InChI=1S/C20H21O3PS.C8H6O4/c21-25(22,23)17-16-24(18-10-4-1-5-11-18,19-12-6-2-7-13-19)20-14-8-3-9-15-20;9-7(10)5-2-1-3-6(4-5)8(11)12/h1-15,24H,16-17H2,(H,21,22,23);1-4H,(H,9,10)(H,11,12). The van der Waals surface area contributed by atoms with E-state index in [0.717, 1.165) is 22.0 Å². The molecule has 7 nitrogen and oxygen atoms in total. The van der Waals surface area contributed by atoms with Crippen LogP contribution in [-0.2, 0) is 10.1 Å². The van der Waals surface area contributed by atoms with Crippen LogP contribution in [0.5, 0.6) is 0 Å². The van der Waals surface area contributed by atoms with Crippen LogP contribution in [0.25, 0.3) is 0 Å². The van der Waals surface area contributed by atoms with Gasteiger partial charge in [0, 0.05) is 0 Å². The van der Waals surface area contributed by atoms with Gasteiger partial charge < -0.3 is 10.2 Å². The van der Waals surface area contributed by atoms with Crippen LogP contribution < -0.4 is 15.9 Å². The maximum atomic E-state index is 11.5. The van der Waals surface area contributed by atoms with Crippen LogP contribution in [0, 0.1) is 0 Å². The normalized spacial score (nSPS) is 11.6. The van der Waals surface area contributed by atoms with Crippen LogP contribution in [0.1, 0.15) is 20.7 Å². The van der Waals surface area contributed by atoms with E-state index in [1.807, 2.05) is 54.6 Å². The molecule has 0 atom stereocenters. The molecule has 9 heteroatoms. The molecule has 37 heavy (non-hydrogen) atoms. The van der Waals surface area contributed by atoms with Crippen molar-refractivity contribution in [1.29, 1.82) is 0 Å². The summed E-state index contributed by atoms with van der Waals surface area (Å²) in [6, 6.07) is 35.4. The van der Waals surface area contributed by atoms with Crippen molar-refractivity contribution in [2.45, 2.75) is 0 Å². The SMILES string of the molecule is O=C(O)c1cccc(C(=O)O)c1.O=S(=O)(O)CC[PH](c1ccccc1)(c1ccccc1)c1ccccc1. The molecule has 0 aliphatic carbocycles. The van der Waals surface area contributed by atoms with Gasteiger partial charge in [-0.1, -0.05) is 6.07 Å². The minimum absolute atomic E-state index is 0.0186. The summed E-state index contributed by atoms with van der Waals surface area (Å²) in [6.45, 7) is 0. The third-order valence-corrected chi connectivity index (χ3v) is 11.9. The fourth-order valence-electron chi connectivity index (χ4n) is 4.17. The quantitative estimate of drug-likeness (QED) is 0.231. The average Bonchev–Trinajstić information content (AvgIpc) is 2.91. The zero-order chi connectivity index (χ0) is 26.9. The van der Waals surface area contributed by atoms with Gasteiger partial charge in [0.25, 0.3) is 0 Å². The first-order valence-corrected chi connectivity index (χ1v) is 15.1. The van der Waals surface area contributed by atoms with E-state index >= 15 is 0 Å². The summed E-state index contributed by atoms with van der Waals surface area (Å²) in [7, 11) is -6.62. The Bertz CT molecular complexity index is 1320. The van der Waals surface area contributed by atoms with Gasteiger partial charge in [0.1, 0.15) is 0 Å². The van der Waals surface area contributed by atoms with E-state index in [4.69, 9.17) is 10.2 Å². The number of hydrogen-bond donors (Lipinski definition) is 3. The van der Waals surface area contributed by atoms with Crippen molar-refractivity contribution in [3.63, 3.8) is 0 Å². The third kappa shape index (κ3) is 7.33. The Morgan fingerprint density at radius 1 is 0.595 bits per heavy atom. The molecule has 0 bridgehead atoms. The van der Waals surface area contributed by atoms with Gasteiger partial charge in [-0.25, -0.2) is 9.59 Å². The Hall–Kier alpha value is -3.84. The van der Waals surface area contributed by atoms with Crippen LogP contribution >= 0.6 is 7.26 Å². The van der Waals surface area contributed by atoms with Gasteiger partial charge >= 0.3 is 161 Å². The average molecular weight is 539 g/mol. The second kappa shape index (κ2) is 12.4. The molecule has 0 aliphatic rings. The molecule has 0 fully saturated rings. The molecule has 0 amide bonds. The zero-order valence-corrected chi connectivity index (χ0v) is 21.6. The molecule has 0 heterocycles. The molecule has 0 spiro atoms. The predicted octanol–water partition coefficient (Wildman–Crippen LogP) is 3.68. The first-order chi connectivity index (χ1) is 17.6. The van der Waals surface area contributed by atoms with Gasteiger partial charge in [-0.15, -0.1) is 0 Å². The van der Waals surface area contributed by atoms with E-state index in [9.17, 15) is 22.6 Å². The van der Waals surface area contributed by atoms with Crippen molar-refractivity contribution in [3.8, 4) is 0 Å². The van der Waals surface area contributed by atoms with Crippen LogP contribution in [0.4, 0.5) is 0 Å². The predicted molar refractivity (Wildman–Crippen MR) is 148 cm³/mol. The fourth-order valence-corrected chi connectivity index (χ4v) is 10.6. The molecule has 0 unspecified atom stereocenters. The van der Waals surface area contributed by atoms with E-state index in [-0.39, 0.29) is 16.9 Å². The summed E-state index contributed by atoms with van der Waals surface area (Å²) in [5.41, 5.74) is -0.0372. The number of benzene rings is 4. The number of hydrogen-bond acceptors (Lipinski definition) is 4. The van der Waals surface area contributed by atoms with Gasteiger partial charge in [0.15, 0.2) is 0 Å². The fraction of sp³-hybridized carbons (Fsp3) is 0.0714. The van der Waals surface area contributed by atoms with E-state index in [1.54, 1.807) is 0 Å². The van der Waals surface area contributed by atoms with Gasteiger partial charge in [0.2, 0.25) is 0 Å².